The van der Waals surface area contributed by atoms with Gasteiger partial charge in [-0.2, -0.15) is 0 Å². The van der Waals surface area contributed by atoms with Gasteiger partial charge in [0.2, 0.25) is 5.91 Å². The molecule has 118 valence electrons. The summed E-state index contributed by atoms with van der Waals surface area (Å²) in [5.41, 5.74) is 1.45. The van der Waals surface area contributed by atoms with Crippen molar-refractivity contribution in [1.82, 2.24) is 4.98 Å². The summed E-state index contributed by atoms with van der Waals surface area (Å²) in [7, 11) is 0. The molecule has 1 aliphatic carbocycles. The minimum atomic E-state index is -0.196. The van der Waals surface area contributed by atoms with E-state index in [1.165, 1.54) is 18.9 Å². The highest BCUT2D eigenvalue weighted by Gasteiger charge is 2.18. The van der Waals surface area contributed by atoms with Gasteiger partial charge >= 0.3 is 0 Å². The molecule has 4 heteroatoms. The Labute approximate surface area is 136 Å². The lowest BCUT2D eigenvalue weighted by molar-refractivity contribution is -0.111. The molecule has 0 radical (unpaired) electrons. The maximum Gasteiger partial charge on any atom is 0.248 e. The van der Waals surface area contributed by atoms with Crippen LogP contribution >= 0.6 is 0 Å². The van der Waals surface area contributed by atoms with Crippen LogP contribution in [0.5, 0.6) is 5.75 Å². The third-order valence-corrected chi connectivity index (χ3v) is 3.83. The number of pyridine rings is 1. The van der Waals surface area contributed by atoms with E-state index >= 15 is 0 Å². The fourth-order valence-electron chi connectivity index (χ4n) is 2.67. The molecule has 0 spiro atoms. The SMILES string of the molecule is O=C(C=Cc1ccccn1)Nc1ccccc1OC1CCCC1. The van der Waals surface area contributed by atoms with E-state index in [2.05, 4.69) is 10.3 Å². The van der Waals surface area contributed by atoms with E-state index in [-0.39, 0.29) is 12.0 Å². The van der Waals surface area contributed by atoms with Crippen LogP contribution in [-0.2, 0) is 4.79 Å². The lowest BCUT2D eigenvalue weighted by Gasteiger charge is -2.16. The molecular weight excluding hydrogens is 288 g/mol. The molecule has 23 heavy (non-hydrogen) atoms. The number of ether oxygens (including phenoxy) is 1. The molecular formula is C19H20N2O2. The standard InChI is InChI=1S/C19H20N2O2/c22-19(13-12-15-7-5-6-14-20-15)21-17-10-3-4-11-18(17)23-16-8-1-2-9-16/h3-7,10-14,16H,1-2,8-9H2,(H,21,22). The van der Waals surface area contributed by atoms with Crippen LogP contribution in [0.25, 0.3) is 6.08 Å². The van der Waals surface area contributed by atoms with E-state index in [0.717, 1.165) is 24.3 Å². The van der Waals surface area contributed by atoms with Crippen molar-refractivity contribution in [2.24, 2.45) is 0 Å². The number of carbonyl (C=O) groups excluding carboxylic acids is 1. The van der Waals surface area contributed by atoms with Crippen LogP contribution in [-0.4, -0.2) is 17.0 Å². The number of benzene rings is 1. The summed E-state index contributed by atoms with van der Waals surface area (Å²) < 4.78 is 6.02. The minimum absolute atomic E-state index is 0.196. The molecule has 1 amide bonds. The van der Waals surface area contributed by atoms with E-state index < -0.39 is 0 Å². The fourth-order valence-corrected chi connectivity index (χ4v) is 2.67. The second-order valence-electron chi connectivity index (χ2n) is 5.60. The highest BCUT2D eigenvalue weighted by Crippen LogP contribution is 2.29. The number of nitrogens with zero attached hydrogens (tertiary/aromatic N) is 1. The van der Waals surface area contributed by atoms with Crippen molar-refractivity contribution in [3.05, 3.63) is 60.4 Å². The Hall–Kier alpha value is -2.62. The van der Waals surface area contributed by atoms with Gasteiger partial charge in [0, 0.05) is 12.3 Å². The smallest absolute Gasteiger partial charge is 0.248 e. The Balaban J connectivity index is 1.65. The van der Waals surface area contributed by atoms with Gasteiger partial charge in [-0.15, -0.1) is 0 Å². The molecule has 0 aliphatic heterocycles. The summed E-state index contributed by atoms with van der Waals surface area (Å²) in [6.45, 7) is 0. The topological polar surface area (TPSA) is 51.2 Å². The van der Waals surface area contributed by atoms with Gasteiger partial charge in [0.25, 0.3) is 0 Å². The van der Waals surface area contributed by atoms with Crippen LogP contribution in [0.4, 0.5) is 5.69 Å². The van der Waals surface area contributed by atoms with Crippen molar-refractivity contribution in [1.29, 1.82) is 0 Å². The second kappa shape index (κ2) is 7.58. The van der Waals surface area contributed by atoms with Gasteiger partial charge in [-0.1, -0.05) is 18.2 Å². The van der Waals surface area contributed by atoms with Gasteiger partial charge in [0.05, 0.1) is 17.5 Å². The molecule has 3 rings (SSSR count). The number of hydrogen-bond donors (Lipinski definition) is 1. The summed E-state index contributed by atoms with van der Waals surface area (Å²) in [4.78, 5) is 16.2. The maximum atomic E-state index is 12.1. The first kappa shape index (κ1) is 15.3. The van der Waals surface area contributed by atoms with E-state index in [1.54, 1.807) is 12.3 Å². The highest BCUT2D eigenvalue weighted by molar-refractivity contribution is 6.02. The minimum Gasteiger partial charge on any atom is -0.488 e. The first-order valence-corrected chi connectivity index (χ1v) is 7.97. The molecule has 1 aliphatic rings. The van der Waals surface area contributed by atoms with Crippen molar-refractivity contribution in [3.8, 4) is 5.75 Å². The van der Waals surface area contributed by atoms with Crippen LogP contribution in [0, 0.1) is 0 Å². The van der Waals surface area contributed by atoms with Crippen molar-refractivity contribution in [2.45, 2.75) is 31.8 Å². The van der Waals surface area contributed by atoms with Gasteiger partial charge in [-0.3, -0.25) is 9.78 Å². The zero-order valence-corrected chi connectivity index (χ0v) is 12.9. The second-order valence-corrected chi connectivity index (χ2v) is 5.60. The summed E-state index contributed by atoms with van der Waals surface area (Å²) in [6, 6.07) is 13.1. The quantitative estimate of drug-likeness (QED) is 0.848. The summed E-state index contributed by atoms with van der Waals surface area (Å²) in [5.74, 6) is 0.539. The number of amides is 1. The van der Waals surface area contributed by atoms with Crippen molar-refractivity contribution >= 4 is 17.7 Å². The van der Waals surface area contributed by atoms with Crippen LogP contribution < -0.4 is 10.1 Å². The number of anilines is 1. The molecule has 0 bridgehead atoms. The average Bonchev–Trinajstić information content (AvgIpc) is 3.09. The van der Waals surface area contributed by atoms with Gasteiger partial charge in [-0.25, -0.2) is 0 Å². The molecule has 1 fully saturated rings. The number of aromatic nitrogens is 1. The molecule has 1 aromatic heterocycles. The number of para-hydroxylation sites is 2. The molecule has 2 aromatic rings. The largest absolute Gasteiger partial charge is 0.488 e. The Morgan fingerprint density at radius 2 is 1.91 bits per heavy atom. The first-order chi connectivity index (χ1) is 11.3. The zero-order valence-electron chi connectivity index (χ0n) is 12.9. The van der Waals surface area contributed by atoms with E-state index in [1.807, 2.05) is 42.5 Å². The molecule has 1 aromatic carbocycles. The summed E-state index contributed by atoms with van der Waals surface area (Å²) in [6.07, 6.45) is 9.73. The van der Waals surface area contributed by atoms with E-state index in [9.17, 15) is 4.79 Å². The Kier molecular flexibility index (Phi) is 5.04. The predicted molar refractivity (Wildman–Crippen MR) is 91.2 cm³/mol. The lowest BCUT2D eigenvalue weighted by Crippen LogP contribution is -2.14. The number of hydrogen-bond acceptors (Lipinski definition) is 3. The first-order valence-electron chi connectivity index (χ1n) is 7.97. The fraction of sp³-hybridized carbons (Fsp3) is 0.263. The zero-order chi connectivity index (χ0) is 15.9. The normalized spacial score (nSPS) is 15.0. The Bertz CT molecular complexity index is 677. The van der Waals surface area contributed by atoms with Gasteiger partial charge in [0.1, 0.15) is 5.75 Å². The maximum absolute atomic E-state index is 12.1. The number of nitrogens with one attached hydrogen (secondary N) is 1. The third kappa shape index (κ3) is 4.42. The molecule has 1 N–H and O–H groups in total. The van der Waals surface area contributed by atoms with Crippen molar-refractivity contribution in [3.63, 3.8) is 0 Å². The van der Waals surface area contributed by atoms with Gasteiger partial charge in [0.15, 0.2) is 0 Å². The summed E-state index contributed by atoms with van der Waals surface area (Å²) in [5, 5.41) is 2.88. The van der Waals surface area contributed by atoms with Gasteiger partial charge in [-0.05, 0) is 56.0 Å². The van der Waals surface area contributed by atoms with E-state index in [4.69, 9.17) is 4.74 Å². The van der Waals surface area contributed by atoms with Crippen LogP contribution in [0.1, 0.15) is 31.4 Å². The molecule has 0 saturated heterocycles. The molecule has 1 saturated carbocycles. The number of rotatable bonds is 5. The third-order valence-electron chi connectivity index (χ3n) is 3.83. The van der Waals surface area contributed by atoms with Crippen LogP contribution in [0.15, 0.2) is 54.7 Å². The summed E-state index contributed by atoms with van der Waals surface area (Å²) >= 11 is 0. The van der Waals surface area contributed by atoms with Crippen molar-refractivity contribution < 1.29 is 9.53 Å². The van der Waals surface area contributed by atoms with Gasteiger partial charge < -0.3 is 10.1 Å². The average molecular weight is 308 g/mol. The molecule has 0 atom stereocenters. The van der Waals surface area contributed by atoms with Crippen molar-refractivity contribution in [2.75, 3.05) is 5.32 Å². The molecule has 1 heterocycles. The molecule has 0 unspecified atom stereocenters. The Morgan fingerprint density at radius 1 is 1.13 bits per heavy atom. The Morgan fingerprint density at radius 3 is 2.70 bits per heavy atom. The molecule has 4 nitrogen and oxygen atoms in total. The number of carbonyl (C=O) groups is 1. The predicted octanol–water partition coefficient (Wildman–Crippen LogP) is 4.05. The van der Waals surface area contributed by atoms with E-state index in [0.29, 0.717) is 5.69 Å². The van der Waals surface area contributed by atoms with Crippen LogP contribution in [0.2, 0.25) is 0 Å². The van der Waals surface area contributed by atoms with Crippen LogP contribution in [0.3, 0.4) is 0 Å². The lowest BCUT2D eigenvalue weighted by atomic mass is 10.2. The monoisotopic (exact) mass is 308 g/mol. The highest BCUT2D eigenvalue weighted by atomic mass is 16.5.